The zero-order valence-corrected chi connectivity index (χ0v) is 25.2. The van der Waals surface area contributed by atoms with Crippen molar-refractivity contribution in [2.75, 3.05) is 0 Å². The fourth-order valence-corrected chi connectivity index (χ4v) is 14.4. The number of aryl methyl sites for hydroxylation is 2. The van der Waals surface area contributed by atoms with Crippen LogP contribution in [0.3, 0.4) is 0 Å². The second kappa shape index (κ2) is 7.53. The lowest BCUT2D eigenvalue weighted by Crippen LogP contribution is -2.54. The molecule has 0 radical (unpaired) electrons. The Bertz CT molecular complexity index is 1130. The predicted molar refractivity (Wildman–Crippen MR) is 157 cm³/mol. The molecule has 8 aliphatic rings. The topological polar surface area (TPSA) is 0 Å². The summed E-state index contributed by atoms with van der Waals surface area (Å²) in [6, 6.07) is 15.2. The fraction of sp³-hybridized carbons (Fsp3) is 0.647. The van der Waals surface area contributed by atoms with E-state index in [2.05, 4.69) is 82.1 Å². The Morgan fingerprint density at radius 1 is 0.556 bits per heavy atom. The molecule has 0 amide bonds. The van der Waals surface area contributed by atoms with Gasteiger partial charge in [-0.1, -0.05) is 68.3 Å². The molecule has 0 nitrogen and oxygen atoms in total. The average molecular weight is 609 g/mol. The predicted octanol–water partition coefficient (Wildman–Crippen LogP) is 9.94. The molecule has 0 N–H and O–H groups in total. The first-order valence-electron chi connectivity index (χ1n) is 14.7. The number of benzene rings is 2. The summed E-state index contributed by atoms with van der Waals surface area (Å²) in [6.07, 6.45) is 16.9. The fourth-order valence-electron chi connectivity index (χ4n) is 11.5. The third-order valence-corrected chi connectivity index (χ3v) is 13.8. The molecule has 0 aliphatic heterocycles. The van der Waals surface area contributed by atoms with E-state index in [1.165, 1.54) is 99.3 Å². The van der Waals surface area contributed by atoms with Crippen molar-refractivity contribution in [3.8, 4) is 11.1 Å². The number of halogens is 2. The minimum Gasteiger partial charge on any atom is -0.0853 e. The van der Waals surface area contributed by atoms with Gasteiger partial charge in [-0.05, 0) is 159 Å². The molecule has 10 rings (SSSR count). The van der Waals surface area contributed by atoms with E-state index in [0.717, 1.165) is 23.7 Å². The van der Waals surface area contributed by atoms with Gasteiger partial charge in [0, 0.05) is 8.65 Å². The maximum Gasteiger partial charge on any atom is 0.0271 e. The molecule has 2 aromatic carbocycles. The van der Waals surface area contributed by atoms with E-state index in [1.807, 2.05) is 0 Å². The first-order valence-corrected chi connectivity index (χ1v) is 16.3. The van der Waals surface area contributed by atoms with E-state index in [0.29, 0.717) is 19.5 Å². The number of hydrogen-bond acceptors (Lipinski definition) is 0. The summed E-state index contributed by atoms with van der Waals surface area (Å²) in [5.74, 6) is 3.70. The largest absolute Gasteiger partial charge is 0.0853 e. The Morgan fingerprint density at radius 3 is 1.25 bits per heavy atom. The summed E-state index contributed by atoms with van der Waals surface area (Å²) in [4.78, 5) is 0. The van der Waals surface area contributed by atoms with Crippen molar-refractivity contribution >= 4 is 31.9 Å². The highest BCUT2D eigenvalue weighted by atomic mass is 79.9. The van der Waals surface area contributed by atoms with Crippen molar-refractivity contribution in [2.24, 2.45) is 23.7 Å². The van der Waals surface area contributed by atoms with Crippen LogP contribution in [0.15, 0.2) is 36.4 Å². The Balaban J connectivity index is 1.21. The molecule has 2 aromatic rings. The van der Waals surface area contributed by atoms with Crippen molar-refractivity contribution in [3.05, 3.63) is 58.7 Å². The molecule has 2 heteroatoms. The minimum absolute atomic E-state index is 0.393. The lowest BCUT2D eigenvalue weighted by atomic mass is 9.47. The van der Waals surface area contributed by atoms with Gasteiger partial charge in [0.2, 0.25) is 0 Å². The van der Waals surface area contributed by atoms with E-state index >= 15 is 0 Å². The zero-order chi connectivity index (χ0) is 24.5. The van der Waals surface area contributed by atoms with Crippen LogP contribution in [0.25, 0.3) is 11.1 Å². The SMILES string of the molecule is Cc1ccc(C23CC4CC(CC(Br)(C4)C2)C3)cc1-c1cc(C23CC4CC(CC(Br)(C4)C2)C3)ccc1C. The molecule has 4 unspecified atom stereocenters. The molecule has 0 aromatic heterocycles. The molecule has 190 valence electrons. The number of alkyl halides is 2. The van der Waals surface area contributed by atoms with Crippen molar-refractivity contribution in [2.45, 2.75) is 110 Å². The summed E-state index contributed by atoms with van der Waals surface area (Å²) in [5.41, 5.74) is 9.96. The summed E-state index contributed by atoms with van der Waals surface area (Å²) in [5, 5.41) is 0. The maximum absolute atomic E-state index is 4.27. The second-order valence-electron chi connectivity index (χ2n) is 14.8. The first kappa shape index (κ1) is 23.3. The van der Waals surface area contributed by atoms with Crippen LogP contribution in [0.2, 0.25) is 0 Å². The molecule has 8 fully saturated rings. The van der Waals surface area contributed by atoms with Gasteiger partial charge in [-0.25, -0.2) is 0 Å². The van der Waals surface area contributed by atoms with Crippen LogP contribution in [-0.2, 0) is 10.8 Å². The van der Waals surface area contributed by atoms with E-state index in [1.54, 1.807) is 11.1 Å². The quantitative estimate of drug-likeness (QED) is 0.305. The Kier molecular flexibility index (Phi) is 4.87. The number of rotatable bonds is 3. The van der Waals surface area contributed by atoms with Gasteiger partial charge >= 0.3 is 0 Å². The van der Waals surface area contributed by atoms with Crippen molar-refractivity contribution < 1.29 is 0 Å². The van der Waals surface area contributed by atoms with Gasteiger partial charge in [0.15, 0.2) is 0 Å². The van der Waals surface area contributed by atoms with Crippen LogP contribution in [0.4, 0.5) is 0 Å². The summed E-state index contributed by atoms with van der Waals surface area (Å²) < 4.78 is 0.810. The molecular formula is C34H40Br2. The molecular weight excluding hydrogens is 568 g/mol. The van der Waals surface area contributed by atoms with Crippen molar-refractivity contribution in [1.82, 2.24) is 0 Å². The third kappa shape index (κ3) is 3.41. The van der Waals surface area contributed by atoms with Gasteiger partial charge in [0.05, 0.1) is 0 Å². The van der Waals surface area contributed by atoms with Crippen LogP contribution >= 0.6 is 31.9 Å². The minimum atomic E-state index is 0.393. The normalized spacial score (nSPS) is 46.0. The van der Waals surface area contributed by atoms with Crippen LogP contribution in [0.1, 0.15) is 99.3 Å². The summed E-state index contributed by atoms with van der Waals surface area (Å²) in [6.45, 7) is 4.68. The van der Waals surface area contributed by atoms with Gasteiger partial charge in [0.25, 0.3) is 0 Å². The van der Waals surface area contributed by atoms with Gasteiger partial charge in [-0.3, -0.25) is 0 Å². The molecule has 8 bridgehead atoms. The molecule has 0 saturated heterocycles. The number of hydrogen-bond donors (Lipinski definition) is 0. The van der Waals surface area contributed by atoms with Gasteiger partial charge in [-0.15, -0.1) is 0 Å². The van der Waals surface area contributed by atoms with Crippen LogP contribution in [-0.4, -0.2) is 8.65 Å². The first-order chi connectivity index (χ1) is 17.1. The standard InChI is InChI=1S/C34H40Br2/c1-21-3-5-27(31-11-23-7-24(12-31)16-33(35,15-23)19-31)9-29(21)30-10-28(6-4-22(30)2)32-13-25-8-26(14-32)18-34(36,17-25)20-32/h3-6,9-10,23-26H,7-8,11-20H2,1-2H3. The van der Waals surface area contributed by atoms with Crippen LogP contribution < -0.4 is 0 Å². The second-order valence-corrected chi connectivity index (χ2v) is 18.2. The Labute approximate surface area is 234 Å². The lowest BCUT2D eigenvalue weighted by molar-refractivity contribution is 0.0147. The summed E-state index contributed by atoms with van der Waals surface area (Å²) >= 11 is 8.53. The highest BCUT2D eigenvalue weighted by Crippen LogP contribution is 2.66. The van der Waals surface area contributed by atoms with E-state index < -0.39 is 0 Å². The van der Waals surface area contributed by atoms with Crippen molar-refractivity contribution in [1.29, 1.82) is 0 Å². The smallest absolute Gasteiger partial charge is 0.0271 e. The van der Waals surface area contributed by atoms with Crippen LogP contribution in [0.5, 0.6) is 0 Å². The monoisotopic (exact) mass is 606 g/mol. The molecule has 8 saturated carbocycles. The average Bonchev–Trinajstić information content (AvgIpc) is 2.76. The molecule has 8 aliphatic carbocycles. The van der Waals surface area contributed by atoms with E-state index in [9.17, 15) is 0 Å². The molecule has 0 spiro atoms. The summed E-state index contributed by atoms with van der Waals surface area (Å²) in [7, 11) is 0. The van der Waals surface area contributed by atoms with Gasteiger partial charge in [-0.2, -0.15) is 0 Å². The Hall–Kier alpha value is -0.600. The zero-order valence-electron chi connectivity index (χ0n) is 22.0. The maximum atomic E-state index is 4.27. The molecule has 0 heterocycles. The Morgan fingerprint density at radius 2 is 0.917 bits per heavy atom. The van der Waals surface area contributed by atoms with Crippen molar-refractivity contribution in [3.63, 3.8) is 0 Å². The molecule has 36 heavy (non-hydrogen) atoms. The van der Waals surface area contributed by atoms with Gasteiger partial charge in [0.1, 0.15) is 0 Å². The molecule has 4 atom stereocenters. The van der Waals surface area contributed by atoms with Crippen LogP contribution in [0, 0.1) is 37.5 Å². The van der Waals surface area contributed by atoms with E-state index in [4.69, 9.17) is 0 Å². The highest BCUT2D eigenvalue weighted by molar-refractivity contribution is 9.10. The van der Waals surface area contributed by atoms with E-state index in [-0.39, 0.29) is 0 Å². The lowest BCUT2D eigenvalue weighted by Gasteiger charge is -2.61. The third-order valence-electron chi connectivity index (χ3n) is 12.0. The highest BCUT2D eigenvalue weighted by Gasteiger charge is 2.58. The van der Waals surface area contributed by atoms with Gasteiger partial charge < -0.3 is 0 Å².